The lowest BCUT2D eigenvalue weighted by Gasteiger charge is -2.39. The van der Waals surface area contributed by atoms with Crippen molar-refractivity contribution in [2.24, 2.45) is 0 Å². The molecule has 7 heteroatoms. The number of benzene rings is 1. The van der Waals surface area contributed by atoms with Crippen LogP contribution in [0.5, 0.6) is 0 Å². The Bertz CT molecular complexity index is 978. The van der Waals surface area contributed by atoms with E-state index < -0.39 is 0 Å². The molecule has 1 saturated heterocycles. The summed E-state index contributed by atoms with van der Waals surface area (Å²) in [5, 5.41) is 4.00. The Kier molecular flexibility index (Phi) is 5.88. The molecule has 1 N–H and O–H groups in total. The molecule has 30 heavy (non-hydrogen) atoms. The van der Waals surface area contributed by atoms with E-state index in [9.17, 15) is 0 Å². The maximum Gasteiger partial charge on any atom is 0.225 e. The molecule has 0 spiro atoms. The maximum absolute atomic E-state index is 6.25. The van der Waals surface area contributed by atoms with E-state index in [4.69, 9.17) is 16.3 Å². The smallest absolute Gasteiger partial charge is 0.225 e. The average molecular weight is 426 g/mol. The third-order valence-electron chi connectivity index (χ3n) is 6.38. The van der Waals surface area contributed by atoms with Crippen molar-refractivity contribution in [3.63, 3.8) is 0 Å². The van der Waals surface area contributed by atoms with Crippen LogP contribution in [0.2, 0.25) is 5.28 Å². The molecule has 1 aromatic carbocycles. The first kappa shape index (κ1) is 19.8. The van der Waals surface area contributed by atoms with Gasteiger partial charge < -0.3 is 14.6 Å². The van der Waals surface area contributed by atoms with Crippen molar-refractivity contribution in [3.8, 4) is 0 Å². The second-order valence-electron chi connectivity index (χ2n) is 8.30. The van der Waals surface area contributed by atoms with Crippen LogP contribution in [-0.2, 0) is 11.3 Å². The van der Waals surface area contributed by atoms with E-state index >= 15 is 0 Å². The summed E-state index contributed by atoms with van der Waals surface area (Å²) in [6.07, 6.45) is 6.79. The Labute approximate surface area is 182 Å². The molecule has 158 valence electrons. The molecule has 1 aliphatic heterocycles. The van der Waals surface area contributed by atoms with Gasteiger partial charge in [0, 0.05) is 37.9 Å². The number of halogens is 1. The molecule has 2 fully saturated rings. The van der Waals surface area contributed by atoms with Crippen LogP contribution in [0.25, 0.3) is 11.0 Å². The van der Waals surface area contributed by atoms with Crippen molar-refractivity contribution in [2.45, 2.75) is 44.3 Å². The van der Waals surface area contributed by atoms with Gasteiger partial charge in [0.25, 0.3) is 0 Å². The number of fused-ring (bicyclic) bond motifs is 1. The minimum absolute atomic E-state index is 0.296. The number of rotatable bonds is 5. The summed E-state index contributed by atoms with van der Waals surface area (Å²) in [7, 11) is 0. The summed E-state index contributed by atoms with van der Waals surface area (Å²) >= 11 is 6.25. The topological polar surface area (TPSA) is 55.2 Å². The average Bonchev–Trinajstić information content (AvgIpc) is 3.18. The summed E-state index contributed by atoms with van der Waals surface area (Å²) in [6.45, 7) is 4.66. The lowest BCUT2D eigenvalue weighted by molar-refractivity contribution is 0.00791. The fourth-order valence-corrected chi connectivity index (χ4v) is 4.99. The number of aromatic nitrogens is 3. The van der Waals surface area contributed by atoms with Gasteiger partial charge in [0.1, 0.15) is 5.52 Å². The van der Waals surface area contributed by atoms with Gasteiger partial charge in [-0.1, -0.05) is 30.3 Å². The van der Waals surface area contributed by atoms with Gasteiger partial charge in [0.05, 0.1) is 18.7 Å². The summed E-state index contributed by atoms with van der Waals surface area (Å²) in [6, 6.07) is 13.6. The van der Waals surface area contributed by atoms with Gasteiger partial charge in [-0.15, -0.1) is 0 Å². The minimum Gasteiger partial charge on any atom is -0.379 e. The monoisotopic (exact) mass is 425 g/mol. The van der Waals surface area contributed by atoms with E-state index in [1.807, 2.05) is 12.1 Å². The minimum atomic E-state index is 0.296. The lowest BCUT2D eigenvalue weighted by atomic mass is 9.90. The van der Waals surface area contributed by atoms with Crippen LogP contribution in [0.3, 0.4) is 0 Å². The van der Waals surface area contributed by atoms with E-state index in [1.54, 1.807) is 0 Å². The van der Waals surface area contributed by atoms with Crippen molar-refractivity contribution in [1.82, 2.24) is 19.4 Å². The maximum atomic E-state index is 6.25. The van der Waals surface area contributed by atoms with Crippen LogP contribution >= 0.6 is 11.6 Å². The third-order valence-corrected chi connectivity index (χ3v) is 6.55. The summed E-state index contributed by atoms with van der Waals surface area (Å²) in [5.74, 6) is 0.848. The Morgan fingerprint density at radius 2 is 1.77 bits per heavy atom. The van der Waals surface area contributed by atoms with Crippen LogP contribution in [0.4, 0.5) is 5.82 Å². The summed E-state index contributed by atoms with van der Waals surface area (Å²) in [4.78, 5) is 11.6. The zero-order valence-corrected chi connectivity index (χ0v) is 17.9. The van der Waals surface area contributed by atoms with Gasteiger partial charge in [-0.05, 0) is 48.9 Å². The summed E-state index contributed by atoms with van der Waals surface area (Å²) in [5.41, 5.74) is 3.16. The Hall–Kier alpha value is -2.15. The number of nitrogens with zero attached hydrogens (tertiary/aromatic N) is 4. The van der Waals surface area contributed by atoms with Gasteiger partial charge in [-0.2, -0.15) is 4.98 Å². The van der Waals surface area contributed by atoms with Gasteiger partial charge in [0.2, 0.25) is 5.28 Å². The highest BCUT2D eigenvalue weighted by molar-refractivity contribution is 6.28. The standard InChI is InChI=1S/C23H28ClN5O/c24-23-26-20-10-11-29(16-17-4-2-1-3-5-17)21(20)22(27-23)25-18-6-8-19(9-7-18)28-12-14-30-15-13-28/h1-5,10-11,18-19H,6-9,12-16H2,(H,25,26,27)/t18-,19-. The fraction of sp³-hybridized carbons (Fsp3) is 0.478. The second kappa shape index (κ2) is 8.92. The highest BCUT2D eigenvalue weighted by Crippen LogP contribution is 2.29. The Morgan fingerprint density at radius 3 is 2.53 bits per heavy atom. The first-order chi connectivity index (χ1) is 14.8. The highest BCUT2D eigenvalue weighted by atomic mass is 35.5. The van der Waals surface area contributed by atoms with Gasteiger partial charge >= 0.3 is 0 Å². The molecular weight excluding hydrogens is 398 g/mol. The third kappa shape index (κ3) is 4.31. The van der Waals surface area contributed by atoms with Gasteiger partial charge in [-0.25, -0.2) is 4.98 Å². The SMILES string of the molecule is Clc1nc(N[C@H]2CC[C@H](N3CCOCC3)CC2)c2c(ccn2Cc2ccccc2)n1. The normalized spacial score (nSPS) is 23.0. The van der Waals surface area contributed by atoms with Crippen molar-refractivity contribution in [1.29, 1.82) is 0 Å². The van der Waals surface area contributed by atoms with Crippen LogP contribution < -0.4 is 5.32 Å². The fourth-order valence-electron chi connectivity index (χ4n) is 4.81. The molecule has 0 bridgehead atoms. The molecular formula is C23H28ClN5O. The van der Waals surface area contributed by atoms with E-state index in [-0.39, 0.29) is 0 Å². The van der Waals surface area contributed by atoms with Crippen molar-refractivity contribution >= 4 is 28.5 Å². The number of ether oxygens (including phenoxy) is 1. The number of morpholine rings is 1. The van der Waals surface area contributed by atoms with Crippen LogP contribution in [0, 0.1) is 0 Å². The molecule has 3 aromatic rings. The van der Waals surface area contributed by atoms with Gasteiger partial charge in [0.15, 0.2) is 5.82 Å². The Balaban J connectivity index is 1.32. The zero-order chi connectivity index (χ0) is 20.3. The van der Waals surface area contributed by atoms with Crippen molar-refractivity contribution in [2.75, 3.05) is 31.6 Å². The lowest BCUT2D eigenvalue weighted by Crippen LogP contribution is -2.46. The molecule has 6 nitrogen and oxygen atoms in total. The van der Waals surface area contributed by atoms with E-state index in [2.05, 4.69) is 55.2 Å². The highest BCUT2D eigenvalue weighted by Gasteiger charge is 2.27. The largest absolute Gasteiger partial charge is 0.379 e. The molecule has 0 unspecified atom stereocenters. The van der Waals surface area contributed by atoms with Crippen molar-refractivity contribution < 1.29 is 4.74 Å². The zero-order valence-electron chi connectivity index (χ0n) is 17.1. The molecule has 0 amide bonds. The van der Waals surface area contributed by atoms with Crippen LogP contribution in [0.1, 0.15) is 31.2 Å². The predicted octanol–water partition coefficient (Wildman–Crippen LogP) is 4.19. The molecule has 1 aliphatic carbocycles. The second-order valence-corrected chi connectivity index (χ2v) is 8.64. The number of hydrogen-bond donors (Lipinski definition) is 1. The number of hydrogen-bond acceptors (Lipinski definition) is 5. The summed E-state index contributed by atoms with van der Waals surface area (Å²) < 4.78 is 7.72. The molecule has 5 rings (SSSR count). The van der Waals surface area contributed by atoms with E-state index in [0.29, 0.717) is 17.4 Å². The predicted molar refractivity (Wildman–Crippen MR) is 120 cm³/mol. The number of nitrogens with one attached hydrogen (secondary N) is 1. The molecule has 2 aliphatic rings. The van der Waals surface area contributed by atoms with Crippen molar-refractivity contribution in [3.05, 3.63) is 53.4 Å². The van der Waals surface area contributed by atoms with E-state index in [1.165, 1.54) is 18.4 Å². The molecule has 0 atom stereocenters. The quantitative estimate of drug-likeness (QED) is 0.621. The molecule has 0 radical (unpaired) electrons. The molecule has 3 heterocycles. The first-order valence-corrected chi connectivity index (χ1v) is 11.3. The Morgan fingerprint density at radius 1 is 1.00 bits per heavy atom. The van der Waals surface area contributed by atoms with Crippen LogP contribution in [-0.4, -0.2) is 57.8 Å². The van der Waals surface area contributed by atoms with E-state index in [0.717, 1.165) is 62.5 Å². The van der Waals surface area contributed by atoms with Gasteiger partial charge in [-0.3, -0.25) is 4.90 Å². The molecule has 1 saturated carbocycles. The first-order valence-electron chi connectivity index (χ1n) is 10.9. The molecule has 2 aromatic heterocycles. The van der Waals surface area contributed by atoms with Crippen LogP contribution in [0.15, 0.2) is 42.6 Å². The number of anilines is 1.